The van der Waals surface area contributed by atoms with E-state index in [2.05, 4.69) is 11.8 Å². The summed E-state index contributed by atoms with van der Waals surface area (Å²) in [6.07, 6.45) is 3.97. The third-order valence-corrected chi connectivity index (χ3v) is 4.00. The van der Waals surface area contributed by atoms with E-state index in [1.807, 2.05) is 18.2 Å². The SMILES string of the molecule is CCC1CCCN(Cc2ccc(N)cc2Cl)C1. The molecule has 1 saturated heterocycles. The first-order valence-electron chi connectivity index (χ1n) is 6.45. The molecule has 0 amide bonds. The highest BCUT2D eigenvalue weighted by molar-refractivity contribution is 6.31. The van der Waals surface area contributed by atoms with Crippen LogP contribution in [0.25, 0.3) is 0 Å². The molecule has 0 aliphatic carbocycles. The largest absolute Gasteiger partial charge is 0.399 e. The van der Waals surface area contributed by atoms with E-state index in [0.717, 1.165) is 23.2 Å². The number of hydrogen-bond donors (Lipinski definition) is 1. The standard InChI is InChI=1S/C14H21ClN2/c1-2-11-4-3-7-17(9-11)10-12-5-6-13(16)8-14(12)15/h5-6,8,11H,2-4,7,9-10,16H2,1H3. The number of rotatable bonds is 3. The molecule has 0 spiro atoms. The molecular formula is C14H21ClN2. The molecule has 0 radical (unpaired) electrons. The molecule has 1 aromatic rings. The Morgan fingerprint density at radius 3 is 3.00 bits per heavy atom. The minimum atomic E-state index is 0.740. The maximum Gasteiger partial charge on any atom is 0.0471 e. The van der Waals surface area contributed by atoms with E-state index in [-0.39, 0.29) is 0 Å². The fraction of sp³-hybridized carbons (Fsp3) is 0.571. The number of halogens is 1. The molecule has 2 N–H and O–H groups in total. The van der Waals surface area contributed by atoms with Crippen molar-refractivity contribution in [3.63, 3.8) is 0 Å². The van der Waals surface area contributed by atoms with Crippen molar-refractivity contribution in [2.45, 2.75) is 32.7 Å². The Kier molecular flexibility index (Phi) is 4.30. The molecule has 17 heavy (non-hydrogen) atoms. The number of piperidine rings is 1. The van der Waals surface area contributed by atoms with Gasteiger partial charge in [-0.05, 0) is 43.0 Å². The van der Waals surface area contributed by atoms with Crippen LogP contribution in [0, 0.1) is 5.92 Å². The Bertz CT molecular complexity index is 378. The van der Waals surface area contributed by atoms with Gasteiger partial charge in [0.2, 0.25) is 0 Å². The maximum atomic E-state index is 6.21. The van der Waals surface area contributed by atoms with Crippen molar-refractivity contribution in [1.82, 2.24) is 4.90 Å². The smallest absolute Gasteiger partial charge is 0.0471 e. The van der Waals surface area contributed by atoms with E-state index in [4.69, 9.17) is 17.3 Å². The van der Waals surface area contributed by atoms with Gasteiger partial charge in [0.25, 0.3) is 0 Å². The van der Waals surface area contributed by atoms with Crippen molar-refractivity contribution < 1.29 is 0 Å². The average Bonchev–Trinajstić information content (AvgIpc) is 2.33. The molecule has 1 aliphatic rings. The van der Waals surface area contributed by atoms with Crippen LogP contribution in [0.5, 0.6) is 0 Å². The van der Waals surface area contributed by atoms with Crippen molar-refractivity contribution in [2.75, 3.05) is 18.8 Å². The lowest BCUT2D eigenvalue weighted by molar-refractivity contribution is 0.165. The molecule has 3 heteroatoms. The van der Waals surface area contributed by atoms with Crippen molar-refractivity contribution in [3.05, 3.63) is 28.8 Å². The summed E-state index contributed by atoms with van der Waals surface area (Å²) in [6.45, 7) is 5.63. The molecule has 1 unspecified atom stereocenters. The molecule has 1 aliphatic heterocycles. The zero-order valence-electron chi connectivity index (χ0n) is 10.5. The Morgan fingerprint density at radius 2 is 2.29 bits per heavy atom. The zero-order chi connectivity index (χ0) is 12.3. The molecule has 0 saturated carbocycles. The van der Waals surface area contributed by atoms with Gasteiger partial charge in [-0.1, -0.05) is 31.0 Å². The first-order valence-corrected chi connectivity index (χ1v) is 6.83. The monoisotopic (exact) mass is 252 g/mol. The van der Waals surface area contributed by atoms with E-state index in [1.165, 1.54) is 37.9 Å². The van der Waals surface area contributed by atoms with Gasteiger partial charge in [0.05, 0.1) is 0 Å². The first kappa shape index (κ1) is 12.7. The number of hydrogen-bond acceptors (Lipinski definition) is 2. The van der Waals surface area contributed by atoms with Gasteiger partial charge in [0.1, 0.15) is 0 Å². The second-order valence-corrected chi connectivity index (χ2v) is 5.41. The molecule has 0 aromatic heterocycles. The van der Waals surface area contributed by atoms with Gasteiger partial charge >= 0.3 is 0 Å². The summed E-state index contributed by atoms with van der Waals surface area (Å²) in [5, 5.41) is 0.795. The second kappa shape index (κ2) is 5.74. The predicted molar refractivity (Wildman–Crippen MR) is 74.2 cm³/mol. The van der Waals surface area contributed by atoms with E-state index in [1.54, 1.807) is 0 Å². The van der Waals surface area contributed by atoms with Crippen molar-refractivity contribution >= 4 is 17.3 Å². The summed E-state index contributed by atoms with van der Waals surface area (Å²) in [6, 6.07) is 5.83. The van der Waals surface area contributed by atoms with Crippen LogP contribution < -0.4 is 5.73 Å². The highest BCUT2D eigenvalue weighted by atomic mass is 35.5. The highest BCUT2D eigenvalue weighted by Crippen LogP contribution is 2.24. The van der Waals surface area contributed by atoms with E-state index >= 15 is 0 Å². The summed E-state index contributed by atoms with van der Waals surface area (Å²) in [4.78, 5) is 2.51. The summed E-state index contributed by atoms with van der Waals surface area (Å²) in [7, 11) is 0. The molecule has 94 valence electrons. The maximum absolute atomic E-state index is 6.21. The van der Waals surface area contributed by atoms with Crippen LogP contribution in [0.4, 0.5) is 5.69 Å². The molecular weight excluding hydrogens is 232 g/mol. The molecule has 1 aromatic carbocycles. The van der Waals surface area contributed by atoms with Crippen LogP contribution in [0.15, 0.2) is 18.2 Å². The highest BCUT2D eigenvalue weighted by Gasteiger charge is 2.18. The van der Waals surface area contributed by atoms with Crippen LogP contribution in [0.3, 0.4) is 0 Å². The third kappa shape index (κ3) is 3.36. The average molecular weight is 253 g/mol. The van der Waals surface area contributed by atoms with Crippen LogP contribution in [-0.2, 0) is 6.54 Å². The Morgan fingerprint density at radius 1 is 1.47 bits per heavy atom. The Balaban J connectivity index is 2.00. The van der Waals surface area contributed by atoms with E-state index < -0.39 is 0 Å². The normalized spacial score (nSPS) is 21.6. The van der Waals surface area contributed by atoms with Crippen LogP contribution in [0.1, 0.15) is 31.7 Å². The quantitative estimate of drug-likeness (QED) is 0.834. The fourth-order valence-corrected chi connectivity index (χ4v) is 2.81. The summed E-state index contributed by atoms with van der Waals surface area (Å²) in [5.41, 5.74) is 7.64. The second-order valence-electron chi connectivity index (χ2n) is 5.00. The minimum absolute atomic E-state index is 0.740. The van der Waals surface area contributed by atoms with Crippen molar-refractivity contribution in [2.24, 2.45) is 5.92 Å². The number of likely N-dealkylation sites (tertiary alicyclic amines) is 1. The third-order valence-electron chi connectivity index (χ3n) is 3.65. The molecule has 1 fully saturated rings. The summed E-state index contributed by atoms with van der Waals surface area (Å²) in [5.74, 6) is 0.858. The lowest BCUT2D eigenvalue weighted by atomic mass is 9.95. The van der Waals surface area contributed by atoms with E-state index in [9.17, 15) is 0 Å². The lowest BCUT2D eigenvalue weighted by Gasteiger charge is -2.32. The van der Waals surface area contributed by atoms with Crippen molar-refractivity contribution in [1.29, 1.82) is 0 Å². The molecule has 0 bridgehead atoms. The van der Waals surface area contributed by atoms with Crippen LogP contribution >= 0.6 is 11.6 Å². The number of anilines is 1. The topological polar surface area (TPSA) is 29.3 Å². The number of nitrogen functional groups attached to an aromatic ring is 1. The van der Waals surface area contributed by atoms with Gasteiger partial charge in [-0.25, -0.2) is 0 Å². The molecule has 1 heterocycles. The zero-order valence-corrected chi connectivity index (χ0v) is 11.2. The van der Waals surface area contributed by atoms with Gasteiger partial charge in [-0.15, -0.1) is 0 Å². The first-order chi connectivity index (χ1) is 8.19. The van der Waals surface area contributed by atoms with E-state index in [0.29, 0.717) is 0 Å². The van der Waals surface area contributed by atoms with Gasteiger partial charge in [0, 0.05) is 23.8 Å². The number of nitrogens with zero attached hydrogens (tertiary/aromatic N) is 1. The van der Waals surface area contributed by atoms with Gasteiger partial charge in [0.15, 0.2) is 0 Å². The number of nitrogens with two attached hydrogens (primary N) is 1. The molecule has 2 nitrogen and oxygen atoms in total. The number of benzene rings is 1. The van der Waals surface area contributed by atoms with Crippen molar-refractivity contribution in [3.8, 4) is 0 Å². The van der Waals surface area contributed by atoms with Gasteiger partial charge in [-0.3, -0.25) is 4.90 Å². The van der Waals surface area contributed by atoms with Crippen LogP contribution in [-0.4, -0.2) is 18.0 Å². The van der Waals surface area contributed by atoms with Crippen LogP contribution in [0.2, 0.25) is 5.02 Å². The Hall–Kier alpha value is -0.730. The fourth-order valence-electron chi connectivity index (χ4n) is 2.56. The van der Waals surface area contributed by atoms with Gasteiger partial charge < -0.3 is 5.73 Å². The lowest BCUT2D eigenvalue weighted by Crippen LogP contribution is -2.34. The summed E-state index contributed by atoms with van der Waals surface area (Å²) >= 11 is 6.21. The molecule has 2 rings (SSSR count). The Labute approximate surface area is 109 Å². The summed E-state index contributed by atoms with van der Waals surface area (Å²) < 4.78 is 0. The predicted octanol–water partition coefficient (Wildman–Crippen LogP) is 3.54. The van der Waals surface area contributed by atoms with Gasteiger partial charge in [-0.2, -0.15) is 0 Å². The minimum Gasteiger partial charge on any atom is -0.399 e. The molecule has 1 atom stereocenters.